The number of aromatic nitrogens is 3. The van der Waals surface area contributed by atoms with E-state index in [0.29, 0.717) is 18.2 Å². The molecule has 3 aromatic rings. The topological polar surface area (TPSA) is 109 Å². The summed E-state index contributed by atoms with van der Waals surface area (Å²) >= 11 is 0. The number of benzene rings is 1. The van der Waals surface area contributed by atoms with Crippen molar-refractivity contribution < 1.29 is 31.9 Å². The van der Waals surface area contributed by atoms with Crippen LogP contribution in [0.4, 0.5) is 17.6 Å². The SMILES string of the molecule is CCC(=O)N[C@@H]1C[C@@H](F)[C@H](NC(=O)c2c(C)[nH]c3c(-c4cc(C(F)(F)F)ccc4OCC4CC4)ncnc23)C1. The molecule has 0 saturated heterocycles. The molecule has 2 aliphatic rings. The molecule has 3 N–H and O–H groups in total. The molecule has 0 radical (unpaired) electrons. The minimum atomic E-state index is -4.58. The molecule has 0 bridgehead atoms. The van der Waals surface area contributed by atoms with Crippen molar-refractivity contribution in [1.82, 2.24) is 25.6 Å². The number of aryl methyl sites for hydroxylation is 1. The van der Waals surface area contributed by atoms with Crippen LogP contribution in [-0.2, 0) is 11.0 Å². The van der Waals surface area contributed by atoms with Gasteiger partial charge in [0.2, 0.25) is 5.91 Å². The normalized spacial score (nSPS) is 21.2. The molecule has 0 aliphatic heterocycles. The first kappa shape index (κ1) is 26.9. The summed E-state index contributed by atoms with van der Waals surface area (Å²) in [7, 11) is 0. The van der Waals surface area contributed by atoms with Crippen molar-refractivity contribution in [1.29, 1.82) is 0 Å². The van der Waals surface area contributed by atoms with E-state index in [0.717, 1.165) is 25.0 Å². The van der Waals surface area contributed by atoms with Crippen LogP contribution in [0.5, 0.6) is 5.75 Å². The molecule has 2 saturated carbocycles. The molecular formula is C27H29F4N5O3. The molecule has 2 aromatic heterocycles. The molecule has 12 heteroatoms. The predicted octanol–water partition coefficient (Wildman–Crippen LogP) is 4.87. The first-order chi connectivity index (χ1) is 18.5. The van der Waals surface area contributed by atoms with Gasteiger partial charge in [-0.1, -0.05) is 6.92 Å². The van der Waals surface area contributed by atoms with Gasteiger partial charge in [-0.25, -0.2) is 14.4 Å². The summed E-state index contributed by atoms with van der Waals surface area (Å²) < 4.78 is 61.3. The van der Waals surface area contributed by atoms with Crippen LogP contribution in [0, 0.1) is 12.8 Å². The molecule has 8 nitrogen and oxygen atoms in total. The molecule has 1 aromatic carbocycles. The number of hydrogen-bond acceptors (Lipinski definition) is 5. The maximum absolute atomic E-state index is 14.7. The molecular weight excluding hydrogens is 518 g/mol. The number of hydrogen-bond donors (Lipinski definition) is 3. The number of carbonyl (C=O) groups excluding carboxylic acids is 2. The second-order valence-electron chi connectivity index (χ2n) is 10.2. The molecule has 0 unspecified atom stereocenters. The molecule has 3 atom stereocenters. The van der Waals surface area contributed by atoms with Crippen LogP contribution < -0.4 is 15.4 Å². The Hall–Kier alpha value is -3.70. The maximum atomic E-state index is 14.7. The molecule has 0 spiro atoms. The van der Waals surface area contributed by atoms with E-state index in [4.69, 9.17) is 4.74 Å². The quantitative estimate of drug-likeness (QED) is 0.349. The van der Waals surface area contributed by atoms with Crippen LogP contribution in [0.25, 0.3) is 22.3 Å². The predicted molar refractivity (Wildman–Crippen MR) is 135 cm³/mol. The van der Waals surface area contributed by atoms with Gasteiger partial charge in [-0.05, 0) is 50.3 Å². The average Bonchev–Trinajstić information content (AvgIpc) is 3.57. The van der Waals surface area contributed by atoms with Crippen molar-refractivity contribution in [2.24, 2.45) is 5.92 Å². The van der Waals surface area contributed by atoms with Crippen LogP contribution in [-0.4, -0.2) is 51.6 Å². The number of fused-ring (bicyclic) bond motifs is 1. The second kappa shape index (κ2) is 10.5. The van der Waals surface area contributed by atoms with Crippen LogP contribution in [0.1, 0.15) is 60.6 Å². The van der Waals surface area contributed by atoms with E-state index in [1.165, 1.54) is 12.4 Å². The first-order valence-electron chi connectivity index (χ1n) is 13.0. The number of aromatic amines is 1. The third-order valence-electron chi connectivity index (χ3n) is 7.22. The van der Waals surface area contributed by atoms with Gasteiger partial charge in [0.1, 0.15) is 29.5 Å². The molecule has 2 heterocycles. The van der Waals surface area contributed by atoms with Gasteiger partial charge in [0.15, 0.2) is 0 Å². The number of H-pyrrole nitrogens is 1. The Morgan fingerprint density at radius 1 is 1.15 bits per heavy atom. The fraction of sp³-hybridized carbons (Fsp3) is 0.481. The van der Waals surface area contributed by atoms with Crippen molar-refractivity contribution in [3.05, 3.63) is 41.3 Å². The molecule has 2 fully saturated rings. The third-order valence-corrected chi connectivity index (χ3v) is 7.22. The Morgan fingerprint density at radius 3 is 2.62 bits per heavy atom. The van der Waals surface area contributed by atoms with Gasteiger partial charge in [-0.3, -0.25) is 9.59 Å². The first-order valence-corrected chi connectivity index (χ1v) is 13.0. The number of carbonyl (C=O) groups is 2. The fourth-order valence-electron chi connectivity index (χ4n) is 4.94. The zero-order valence-corrected chi connectivity index (χ0v) is 21.5. The van der Waals surface area contributed by atoms with E-state index in [9.17, 15) is 27.2 Å². The van der Waals surface area contributed by atoms with Gasteiger partial charge in [-0.2, -0.15) is 13.2 Å². The monoisotopic (exact) mass is 547 g/mol. The number of alkyl halides is 4. The zero-order valence-electron chi connectivity index (χ0n) is 21.5. The highest BCUT2D eigenvalue weighted by Gasteiger charge is 2.37. The lowest BCUT2D eigenvalue weighted by Crippen LogP contribution is -2.39. The summed E-state index contributed by atoms with van der Waals surface area (Å²) in [5.41, 5.74) is 0.446. The summed E-state index contributed by atoms with van der Waals surface area (Å²) in [5.74, 6) is -0.142. The van der Waals surface area contributed by atoms with Gasteiger partial charge in [-0.15, -0.1) is 0 Å². The summed E-state index contributed by atoms with van der Waals surface area (Å²) in [6.45, 7) is 3.71. The van der Waals surface area contributed by atoms with Gasteiger partial charge in [0.25, 0.3) is 5.91 Å². The molecule has 208 valence electrons. The highest BCUT2D eigenvalue weighted by molar-refractivity contribution is 6.09. The largest absolute Gasteiger partial charge is 0.493 e. The smallest absolute Gasteiger partial charge is 0.416 e. The Kier molecular flexibility index (Phi) is 7.21. The lowest BCUT2D eigenvalue weighted by molar-refractivity contribution is -0.137. The lowest BCUT2D eigenvalue weighted by Gasteiger charge is -2.16. The number of amides is 2. The zero-order chi connectivity index (χ0) is 27.9. The molecule has 2 amide bonds. The minimum Gasteiger partial charge on any atom is -0.493 e. The second-order valence-corrected chi connectivity index (χ2v) is 10.2. The minimum absolute atomic E-state index is 0.0923. The van der Waals surface area contributed by atoms with Crippen molar-refractivity contribution in [2.75, 3.05) is 6.61 Å². The van der Waals surface area contributed by atoms with E-state index < -0.39 is 29.9 Å². The Labute approximate surface area is 221 Å². The van der Waals surface area contributed by atoms with Crippen molar-refractivity contribution in [2.45, 2.75) is 70.4 Å². The number of rotatable bonds is 8. The van der Waals surface area contributed by atoms with E-state index in [-0.39, 0.29) is 64.8 Å². The average molecular weight is 548 g/mol. The van der Waals surface area contributed by atoms with Crippen LogP contribution in [0.2, 0.25) is 0 Å². The van der Waals surface area contributed by atoms with Crippen molar-refractivity contribution >= 4 is 22.8 Å². The summed E-state index contributed by atoms with van der Waals surface area (Å²) in [6, 6.07) is 2.04. The molecule has 39 heavy (non-hydrogen) atoms. The highest BCUT2D eigenvalue weighted by Crippen LogP contribution is 2.40. The Morgan fingerprint density at radius 2 is 1.92 bits per heavy atom. The summed E-state index contributed by atoms with van der Waals surface area (Å²) in [4.78, 5) is 36.5. The molecule has 5 rings (SSSR count). The van der Waals surface area contributed by atoms with Crippen molar-refractivity contribution in [3.8, 4) is 17.0 Å². The summed E-state index contributed by atoms with van der Waals surface area (Å²) in [5, 5.41) is 5.46. The maximum Gasteiger partial charge on any atom is 0.416 e. The molecule has 2 aliphatic carbocycles. The number of nitrogens with one attached hydrogen (secondary N) is 3. The highest BCUT2D eigenvalue weighted by atomic mass is 19.4. The summed E-state index contributed by atoms with van der Waals surface area (Å²) in [6.07, 6.45) is -2.12. The van der Waals surface area contributed by atoms with Gasteiger partial charge >= 0.3 is 6.18 Å². The fourth-order valence-corrected chi connectivity index (χ4v) is 4.94. The lowest BCUT2D eigenvalue weighted by atomic mass is 10.0. The standard InChI is InChI=1S/C27H29F4N5O3/c1-3-21(37)35-16-9-18(28)19(10-16)36-26(38)22-13(2)34-25-23(32-12-33-24(22)25)17-8-15(27(29,30)31)6-7-20(17)39-11-14-4-5-14/h6-8,12,14,16,18-19,34H,3-5,9-11H2,1-2H3,(H,35,37)(H,36,38)/t16-,18-,19-/m1/s1. The van der Waals surface area contributed by atoms with E-state index in [1.54, 1.807) is 13.8 Å². The number of ether oxygens (including phenoxy) is 1. The van der Waals surface area contributed by atoms with Crippen LogP contribution in [0.15, 0.2) is 24.5 Å². The van der Waals surface area contributed by atoms with Gasteiger partial charge < -0.3 is 20.4 Å². The van der Waals surface area contributed by atoms with E-state index in [1.807, 2.05) is 0 Å². The van der Waals surface area contributed by atoms with Crippen molar-refractivity contribution in [3.63, 3.8) is 0 Å². The van der Waals surface area contributed by atoms with Gasteiger partial charge in [0.05, 0.1) is 29.3 Å². The van der Waals surface area contributed by atoms with Crippen LogP contribution in [0.3, 0.4) is 0 Å². The van der Waals surface area contributed by atoms with E-state index >= 15 is 0 Å². The van der Waals surface area contributed by atoms with Gasteiger partial charge in [0, 0.05) is 30.1 Å². The number of nitrogens with zero attached hydrogens (tertiary/aromatic N) is 2. The number of halogens is 4. The third kappa shape index (κ3) is 5.69. The van der Waals surface area contributed by atoms with E-state index in [2.05, 4.69) is 25.6 Å². The Bertz CT molecular complexity index is 1400. The Balaban J connectivity index is 1.47. The van der Waals surface area contributed by atoms with Crippen LogP contribution >= 0.6 is 0 Å².